The number of ether oxygens (including phenoxy) is 5. The van der Waals surface area contributed by atoms with E-state index in [9.17, 15) is 23.5 Å². The highest BCUT2D eigenvalue weighted by Crippen LogP contribution is 2.37. The Morgan fingerprint density at radius 3 is 1.58 bits per heavy atom. The first kappa shape index (κ1) is 44.3. The summed E-state index contributed by atoms with van der Waals surface area (Å²) in [6.07, 6.45) is 4.51. The fraction of sp³-hybridized carbons (Fsp3) is 0.265. The number of aromatic hydroxyl groups is 1. The summed E-state index contributed by atoms with van der Waals surface area (Å²) in [6, 6.07) is 26.3. The predicted molar refractivity (Wildman–Crippen MR) is 239 cm³/mol. The van der Waals surface area contributed by atoms with Crippen LogP contribution in [-0.2, 0) is 38.4 Å². The lowest BCUT2D eigenvalue weighted by atomic mass is 10.0. The van der Waals surface area contributed by atoms with Gasteiger partial charge in [-0.2, -0.15) is 0 Å². The molecule has 1 N–H and O–H groups in total. The molecule has 0 amide bonds. The van der Waals surface area contributed by atoms with Crippen LogP contribution in [0.25, 0.3) is 21.8 Å². The van der Waals surface area contributed by atoms with E-state index in [1.54, 1.807) is 36.7 Å². The smallest absolute Gasteiger partial charge is 0.360 e. The summed E-state index contributed by atoms with van der Waals surface area (Å²) in [4.78, 5) is 47.3. The van der Waals surface area contributed by atoms with Crippen LogP contribution in [-0.4, -0.2) is 104 Å². The van der Waals surface area contributed by atoms with Gasteiger partial charge in [0.25, 0.3) is 0 Å². The molecule has 2 saturated heterocycles. The molecule has 9 rings (SSSR count). The third kappa shape index (κ3) is 10.4. The zero-order valence-electron chi connectivity index (χ0n) is 35.8. The molecule has 2 aliphatic heterocycles. The molecule has 14 nitrogen and oxygen atoms in total. The normalized spacial score (nSPS) is 13.8. The number of aromatic nitrogens is 4. The second kappa shape index (κ2) is 20.5. The number of hydrogen-bond acceptors (Lipinski definition) is 14. The Labute approximate surface area is 373 Å². The van der Waals surface area contributed by atoms with Crippen molar-refractivity contribution >= 4 is 45.4 Å². The molecular weight excluding hydrogens is 839 g/mol. The topological polar surface area (TPSA) is 159 Å². The van der Waals surface area contributed by atoms with Gasteiger partial charge in [-0.25, -0.2) is 28.3 Å². The molecule has 0 bridgehead atoms. The first-order valence-corrected chi connectivity index (χ1v) is 21.0. The Hall–Kier alpha value is -7.30. The van der Waals surface area contributed by atoms with Crippen molar-refractivity contribution in [3.05, 3.63) is 154 Å². The number of esters is 2. The van der Waals surface area contributed by atoms with Crippen LogP contribution < -0.4 is 14.5 Å². The summed E-state index contributed by atoms with van der Waals surface area (Å²) in [6.45, 7) is 4.94. The lowest BCUT2D eigenvalue weighted by Crippen LogP contribution is -2.37. The molecule has 0 saturated carbocycles. The standard InChI is InChI=1S/C28H26FN3O4.C21H20FN3O4/c1-34-28(33)25-26(36-18-20-5-3-2-4-6-20)24-23(27(31-25)32-11-13-35-14-12-32)16-21(17-30-24)15-19-7-9-22(29)10-8-19;1-28-21(27)18-19(26)17-16(20(24-18)25-6-8-29-9-7-25)11-14(12-23-17)10-13-2-4-15(22)5-3-13/h2-10,16-17H,11-15,18H2,1H3;2-5,11-12,26H,6-10H2,1H3. The average Bonchev–Trinajstić information content (AvgIpc) is 3.35. The molecule has 7 aromatic rings. The van der Waals surface area contributed by atoms with Crippen LogP contribution in [0.4, 0.5) is 20.4 Å². The monoisotopic (exact) mass is 884 g/mol. The number of carbonyl (C=O) groups is 2. The van der Waals surface area contributed by atoms with E-state index in [1.165, 1.54) is 38.5 Å². The van der Waals surface area contributed by atoms with Gasteiger partial charge >= 0.3 is 11.9 Å². The molecular formula is C49H46F2N6O8. The second-order valence-corrected chi connectivity index (χ2v) is 15.3. The van der Waals surface area contributed by atoms with Crippen LogP contribution in [0.5, 0.6) is 11.5 Å². The number of hydrogen-bond donors (Lipinski definition) is 1. The maximum Gasteiger partial charge on any atom is 0.360 e. The van der Waals surface area contributed by atoms with Crippen molar-refractivity contribution in [1.29, 1.82) is 0 Å². The van der Waals surface area contributed by atoms with Crippen molar-refractivity contribution in [1.82, 2.24) is 19.9 Å². The van der Waals surface area contributed by atoms with Gasteiger partial charge in [-0.3, -0.25) is 9.97 Å². The Kier molecular flexibility index (Phi) is 14.0. The molecule has 0 spiro atoms. The highest BCUT2D eigenvalue weighted by Gasteiger charge is 2.27. The summed E-state index contributed by atoms with van der Waals surface area (Å²) < 4.78 is 53.4. The van der Waals surface area contributed by atoms with E-state index in [1.807, 2.05) is 47.4 Å². The molecule has 16 heteroatoms. The number of rotatable bonds is 11. The third-order valence-electron chi connectivity index (χ3n) is 10.9. The van der Waals surface area contributed by atoms with Gasteiger partial charge in [0.2, 0.25) is 0 Å². The summed E-state index contributed by atoms with van der Waals surface area (Å²) in [5.41, 5.74) is 5.40. The number of methoxy groups -OCH3 is 2. The first-order valence-electron chi connectivity index (χ1n) is 21.0. The van der Waals surface area contributed by atoms with Gasteiger partial charge in [0.05, 0.1) is 40.6 Å². The molecule has 0 radical (unpaired) electrons. The molecule has 3 aromatic carbocycles. The van der Waals surface area contributed by atoms with E-state index >= 15 is 0 Å². The summed E-state index contributed by atoms with van der Waals surface area (Å²) >= 11 is 0. The molecule has 334 valence electrons. The van der Waals surface area contributed by atoms with Crippen molar-refractivity contribution in [3.63, 3.8) is 0 Å². The fourth-order valence-corrected chi connectivity index (χ4v) is 7.63. The van der Waals surface area contributed by atoms with E-state index in [2.05, 4.69) is 14.9 Å². The molecule has 4 aromatic heterocycles. The maximum atomic E-state index is 13.4. The van der Waals surface area contributed by atoms with Crippen molar-refractivity contribution in [2.24, 2.45) is 0 Å². The third-order valence-corrected chi connectivity index (χ3v) is 10.9. The molecule has 0 unspecified atom stereocenters. The van der Waals surface area contributed by atoms with E-state index < -0.39 is 11.9 Å². The second-order valence-electron chi connectivity index (χ2n) is 15.3. The van der Waals surface area contributed by atoms with Crippen LogP contribution in [0.15, 0.2) is 103 Å². The van der Waals surface area contributed by atoms with Crippen molar-refractivity contribution in [2.45, 2.75) is 19.4 Å². The minimum Gasteiger partial charge on any atom is -0.504 e. The van der Waals surface area contributed by atoms with Gasteiger partial charge in [-0.15, -0.1) is 0 Å². The highest BCUT2D eigenvalue weighted by molar-refractivity contribution is 6.03. The Morgan fingerprint density at radius 1 is 0.615 bits per heavy atom. The predicted octanol–water partition coefficient (Wildman–Crippen LogP) is 7.25. The lowest BCUT2D eigenvalue weighted by Gasteiger charge is -2.29. The van der Waals surface area contributed by atoms with Crippen LogP contribution in [0.1, 0.15) is 48.8 Å². The SMILES string of the molecule is COC(=O)c1nc(N2CCOCC2)c2cc(Cc3ccc(F)cc3)cnc2c1O.COC(=O)c1nc(N2CCOCC2)c2cc(Cc3ccc(F)cc3)cnc2c1OCc1ccccc1. The molecule has 0 aliphatic carbocycles. The number of benzene rings is 3. The van der Waals surface area contributed by atoms with Crippen LogP contribution in [0.3, 0.4) is 0 Å². The number of carbonyl (C=O) groups excluding carboxylic acids is 2. The summed E-state index contributed by atoms with van der Waals surface area (Å²) in [7, 11) is 2.56. The summed E-state index contributed by atoms with van der Waals surface area (Å²) in [5.74, 6) is -0.718. The number of morpholine rings is 2. The maximum absolute atomic E-state index is 13.4. The van der Waals surface area contributed by atoms with Gasteiger partial charge in [-0.1, -0.05) is 54.6 Å². The largest absolute Gasteiger partial charge is 0.504 e. The number of halogens is 2. The van der Waals surface area contributed by atoms with E-state index in [4.69, 9.17) is 33.7 Å². The van der Waals surface area contributed by atoms with Gasteiger partial charge in [0.15, 0.2) is 22.9 Å². The van der Waals surface area contributed by atoms with Crippen LogP contribution in [0.2, 0.25) is 0 Å². The Balaban J connectivity index is 0.000000181. The molecule has 65 heavy (non-hydrogen) atoms. The van der Waals surface area contributed by atoms with Gasteiger partial charge in [0.1, 0.15) is 40.9 Å². The summed E-state index contributed by atoms with van der Waals surface area (Å²) in [5, 5.41) is 12.0. The van der Waals surface area contributed by atoms with Gasteiger partial charge in [-0.05, 0) is 77.1 Å². The molecule has 2 fully saturated rings. The lowest BCUT2D eigenvalue weighted by molar-refractivity contribution is 0.0580. The van der Waals surface area contributed by atoms with Crippen LogP contribution in [0, 0.1) is 11.6 Å². The number of fused-ring (bicyclic) bond motifs is 2. The van der Waals surface area contributed by atoms with Crippen molar-refractivity contribution < 1.29 is 47.2 Å². The minimum atomic E-state index is -0.726. The number of pyridine rings is 4. The van der Waals surface area contributed by atoms with Gasteiger partial charge < -0.3 is 38.6 Å². The van der Waals surface area contributed by atoms with Crippen molar-refractivity contribution in [3.8, 4) is 11.5 Å². The average molecular weight is 885 g/mol. The molecule has 0 atom stereocenters. The van der Waals surface area contributed by atoms with E-state index in [0.29, 0.717) is 88.0 Å². The highest BCUT2D eigenvalue weighted by atomic mass is 19.1. The first-order chi connectivity index (χ1) is 31.7. The van der Waals surface area contributed by atoms with E-state index in [-0.39, 0.29) is 46.6 Å². The minimum absolute atomic E-state index is 0.0845. The molecule has 2 aliphatic rings. The number of nitrogens with zero attached hydrogens (tertiary/aromatic N) is 6. The van der Waals surface area contributed by atoms with Gasteiger partial charge in [0, 0.05) is 49.3 Å². The Morgan fingerprint density at radius 2 is 1.08 bits per heavy atom. The zero-order valence-corrected chi connectivity index (χ0v) is 35.8. The number of anilines is 2. The van der Waals surface area contributed by atoms with Crippen molar-refractivity contribution in [2.75, 3.05) is 76.6 Å². The van der Waals surface area contributed by atoms with Crippen LogP contribution >= 0.6 is 0 Å². The quantitative estimate of drug-likeness (QED) is 0.130. The Bertz CT molecular complexity index is 2790. The fourth-order valence-electron chi connectivity index (χ4n) is 7.63. The molecule has 6 heterocycles. The zero-order chi connectivity index (χ0) is 45.3. The van der Waals surface area contributed by atoms with E-state index in [0.717, 1.165) is 33.2 Å².